The quantitative estimate of drug-likeness (QED) is 0.335. The van der Waals surface area contributed by atoms with Gasteiger partial charge < -0.3 is 36.4 Å². The van der Waals surface area contributed by atoms with Crippen LogP contribution in [0.15, 0.2) is 22.9 Å². The number of rotatable bonds is 6. The van der Waals surface area contributed by atoms with Crippen LogP contribution in [0.1, 0.15) is 42.4 Å². The molecular weight excluding hydrogens is 669 g/mol. The Morgan fingerprint density at radius 1 is 0.979 bits per heavy atom. The van der Waals surface area contributed by atoms with E-state index in [1.165, 1.54) is 6.07 Å². The molecule has 3 fully saturated rings. The van der Waals surface area contributed by atoms with Crippen LogP contribution in [-0.4, -0.2) is 115 Å². The third-order valence-electron chi connectivity index (χ3n) is 10.0. The van der Waals surface area contributed by atoms with Gasteiger partial charge >= 0.3 is 18.2 Å². The van der Waals surface area contributed by atoms with E-state index < -0.39 is 29.5 Å². The number of likely N-dealkylation sites (tertiary alicyclic amines) is 1. The fraction of sp³-hybridized carbons (Fsp3) is 0.594. The van der Waals surface area contributed by atoms with Crippen molar-refractivity contribution in [2.45, 2.75) is 62.8 Å². The number of nitrogens with zero attached hydrogens (tertiary/aromatic N) is 4. The number of amides is 5. The van der Waals surface area contributed by atoms with E-state index in [9.17, 15) is 27.6 Å². The summed E-state index contributed by atoms with van der Waals surface area (Å²) < 4.78 is 41.3. The van der Waals surface area contributed by atoms with Gasteiger partial charge in [0, 0.05) is 69.7 Å². The summed E-state index contributed by atoms with van der Waals surface area (Å²) in [7, 11) is 0. The van der Waals surface area contributed by atoms with Crippen LogP contribution in [0.25, 0.3) is 0 Å². The van der Waals surface area contributed by atoms with Crippen LogP contribution in [0.2, 0.25) is 5.02 Å². The molecule has 0 saturated carbocycles. The molecule has 0 aliphatic carbocycles. The van der Waals surface area contributed by atoms with Gasteiger partial charge in [-0.1, -0.05) is 11.6 Å². The molecule has 5 amide bonds. The number of anilines is 2. The number of nitrogens with one attached hydrogen (secondary N) is 3. The summed E-state index contributed by atoms with van der Waals surface area (Å²) in [5.41, 5.74) is 6.11. The van der Waals surface area contributed by atoms with Gasteiger partial charge in [-0.25, -0.2) is 9.59 Å². The van der Waals surface area contributed by atoms with Gasteiger partial charge in [0.05, 0.1) is 22.0 Å². The molecule has 1 aromatic heterocycles. The zero-order chi connectivity index (χ0) is 34.0. The maximum absolute atomic E-state index is 14.0. The Morgan fingerprint density at radius 3 is 2.38 bits per heavy atom. The molecule has 4 aliphatic rings. The molecule has 0 unspecified atom stereocenters. The molecule has 1 aromatic carbocycles. The number of piperidine rings is 2. The van der Waals surface area contributed by atoms with Crippen molar-refractivity contribution in [3.05, 3.63) is 44.6 Å². The van der Waals surface area contributed by atoms with Crippen molar-refractivity contribution >= 4 is 52.3 Å². The third kappa shape index (κ3) is 7.79. The van der Waals surface area contributed by atoms with Crippen molar-refractivity contribution in [3.63, 3.8) is 0 Å². The predicted molar refractivity (Wildman–Crippen MR) is 179 cm³/mol. The number of carbonyl (C=O) groups is 3. The third-order valence-corrected chi connectivity index (χ3v) is 11.1. The van der Waals surface area contributed by atoms with Crippen LogP contribution in [-0.2, 0) is 23.8 Å². The maximum atomic E-state index is 14.0. The highest BCUT2D eigenvalue weighted by atomic mass is 35.5. The van der Waals surface area contributed by atoms with Crippen molar-refractivity contribution in [1.29, 1.82) is 0 Å². The van der Waals surface area contributed by atoms with Gasteiger partial charge in [-0.3, -0.25) is 9.69 Å². The van der Waals surface area contributed by atoms with Crippen molar-refractivity contribution < 1.29 is 27.6 Å². The van der Waals surface area contributed by atoms with E-state index in [0.717, 1.165) is 49.7 Å². The topological polar surface area (TPSA) is 126 Å². The summed E-state index contributed by atoms with van der Waals surface area (Å²) in [4.78, 5) is 48.1. The average Bonchev–Trinajstić information content (AvgIpc) is 3.45. The molecule has 3 saturated heterocycles. The Hall–Kier alpha value is -3.27. The molecule has 6 rings (SSSR count). The van der Waals surface area contributed by atoms with Gasteiger partial charge in [-0.15, -0.1) is 11.3 Å². The van der Waals surface area contributed by atoms with Gasteiger partial charge in [-0.2, -0.15) is 13.2 Å². The van der Waals surface area contributed by atoms with E-state index in [0.29, 0.717) is 64.7 Å². The molecule has 262 valence electrons. The molecule has 5 N–H and O–H groups in total. The average molecular weight is 711 g/mol. The van der Waals surface area contributed by atoms with Crippen LogP contribution in [0.3, 0.4) is 0 Å². The van der Waals surface area contributed by atoms with Crippen molar-refractivity contribution in [3.8, 4) is 0 Å². The highest BCUT2D eigenvalue weighted by Crippen LogP contribution is 2.38. The number of halogens is 4. The highest BCUT2D eigenvalue weighted by Gasteiger charge is 2.37. The number of hydrogen-bond donors (Lipinski definition) is 4. The minimum absolute atomic E-state index is 0.0480. The first kappa shape index (κ1) is 34.6. The Balaban J connectivity index is 1.12. The van der Waals surface area contributed by atoms with Crippen molar-refractivity contribution in [2.75, 3.05) is 70.0 Å². The monoisotopic (exact) mass is 710 g/mol. The fourth-order valence-corrected chi connectivity index (χ4v) is 8.35. The number of nitrogens with two attached hydrogens (primary N) is 1. The Morgan fingerprint density at radius 2 is 1.69 bits per heavy atom. The lowest BCUT2D eigenvalue weighted by Gasteiger charge is -2.42. The number of thiophene rings is 1. The van der Waals surface area contributed by atoms with Crippen LogP contribution in [0.5, 0.6) is 0 Å². The summed E-state index contributed by atoms with van der Waals surface area (Å²) in [6.45, 7) is 5.52. The van der Waals surface area contributed by atoms with Gasteiger partial charge in [0.25, 0.3) is 0 Å². The van der Waals surface area contributed by atoms with Gasteiger partial charge in [0.1, 0.15) is 6.04 Å². The molecule has 16 heteroatoms. The van der Waals surface area contributed by atoms with E-state index in [1.807, 2.05) is 15.7 Å². The van der Waals surface area contributed by atoms with Crippen LogP contribution in [0.4, 0.5) is 34.1 Å². The molecule has 2 aromatic rings. The van der Waals surface area contributed by atoms with Crippen molar-refractivity contribution in [1.82, 2.24) is 30.2 Å². The summed E-state index contributed by atoms with van der Waals surface area (Å²) in [5, 5.41) is 12.9. The molecule has 4 aliphatic heterocycles. The number of hydrogen-bond acceptors (Lipinski definition) is 7. The Bertz CT molecular complexity index is 1490. The number of urea groups is 2. The summed E-state index contributed by atoms with van der Waals surface area (Å²) in [6.07, 6.45) is -0.963. The number of benzene rings is 1. The van der Waals surface area contributed by atoms with Gasteiger partial charge in [0.15, 0.2) is 0 Å². The van der Waals surface area contributed by atoms with E-state index in [4.69, 9.17) is 17.3 Å². The largest absolute Gasteiger partial charge is 0.418 e. The summed E-state index contributed by atoms with van der Waals surface area (Å²) in [5.74, 6) is -0.349. The zero-order valence-corrected chi connectivity index (χ0v) is 28.2. The maximum Gasteiger partial charge on any atom is 0.418 e. The van der Waals surface area contributed by atoms with Crippen LogP contribution in [0, 0.1) is 0 Å². The second kappa shape index (κ2) is 14.7. The highest BCUT2D eigenvalue weighted by molar-refractivity contribution is 7.08. The summed E-state index contributed by atoms with van der Waals surface area (Å²) in [6, 6.07) is 0.891. The molecule has 11 nitrogen and oxygen atoms in total. The van der Waals surface area contributed by atoms with Crippen LogP contribution < -0.4 is 21.7 Å². The normalized spacial score (nSPS) is 21.0. The molecule has 0 spiro atoms. The number of alkyl halides is 3. The minimum atomic E-state index is -4.74. The van der Waals surface area contributed by atoms with Crippen LogP contribution >= 0.6 is 22.9 Å². The number of fused-ring (bicyclic) bond motifs is 1. The number of piperazine rings is 1. The second-order valence-electron chi connectivity index (χ2n) is 13.0. The van der Waals surface area contributed by atoms with E-state index in [-0.39, 0.29) is 35.0 Å². The zero-order valence-electron chi connectivity index (χ0n) is 26.7. The smallest absolute Gasteiger partial charge is 0.397 e. The lowest BCUT2D eigenvalue weighted by Crippen LogP contribution is -2.59. The first-order chi connectivity index (χ1) is 23.0. The summed E-state index contributed by atoms with van der Waals surface area (Å²) >= 11 is 7.67. The van der Waals surface area contributed by atoms with E-state index >= 15 is 0 Å². The molecule has 5 heterocycles. The Kier molecular flexibility index (Phi) is 10.6. The second-order valence-corrected chi connectivity index (χ2v) is 14.1. The van der Waals surface area contributed by atoms with Gasteiger partial charge in [0.2, 0.25) is 5.91 Å². The van der Waals surface area contributed by atoms with Gasteiger partial charge in [-0.05, 0) is 73.8 Å². The minimum Gasteiger partial charge on any atom is -0.397 e. The number of nitrogen functional groups attached to an aromatic ring is 1. The van der Waals surface area contributed by atoms with Crippen molar-refractivity contribution in [2.24, 2.45) is 0 Å². The standard InChI is InChI=1S/C32H42ClF3N8O3S/c33-25-16-20(15-24(28(25)37)32(34,35)36)17-26(29(45)42-13-11-41(12-14-42)22-1-6-38-7-2-22)39-30(46)43-8-4-23(5-9-43)44-10-3-21-18-48-19-27(21)40-31(44)47/h15-16,18-19,22-23,26,38H,1-14,17,37H2,(H,39,46)(H,40,47)/t26-/m1/s1. The van der Waals surface area contributed by atoms with E-state index in [1.54, 1.807) is 21.1 Å². The number of carbonyl (C=O) groups excluding carboxylic acids is 3. The SMILES string of the molecule is Nc1c(Cl)cc(C[C@@H](NC(=O)N2CCC(N3CCc4cscc4NC3=O)CC2)C(=O)N2CCN(C3CCNCC3)CC2)cc1C(F)(F)F. The first-order valence-corrected chi connectivity index (χ1v) is 17.9. The lowest BCUT2D eigenvalue weighted by molar-refractivity contribution is -0.137. The lowest BCUT2D eigenvalue weighted by atomic mass is 10.00. The molecule has 0 bridgehead atoms. The molecular formula is C32H42ClF3N8O3S. The molecule has 0 radical (unpaired) electrons. The predicted octanol–water partition coefficient (Wildman–Crippen LogP) is 4.07. The fourth-order valence-electron chi connectivity index (χ4n) is 7.29. The van der Waals surface area contributed by atoms with E-state index in [2.05, 4.69) is 20.9 Å². The Labute approximate surface area is 286 Å². The first-order valence-electron chi connectivity index (χ1n) is 16.5. The molecule has 1 atom stereocenters. The molecule has 48 heavy (non-hydrogen) atoms.